The fourth-order valence-electron chi connectivity index (χ4n) is 2.78. The summed E-state index contributed by atoms with van der Waals surface area (Å²) in [5, 5.41) is 6.68. The summed E-state index contributed by atoms with van der Waals surface area (Å²) in [7, 11) is 6.02. The van der Waals surface area contributed by atoms with Gasteiger partial charge in [-0.05, 0) is 40.8 Å². The number of aliphatic imine (C=N–C) groups is 1. The summed E-state index contributed by atoms with van der Waals surface area (Å²) in [5.74, 6) is 2.29. The molecule has 0 unspecified atom stereocenters. The zero-order valence-corrected chi connectivity index (χ0v) is 14.9. The summed E-state index contributed by atoms with van der Waals surface area (Å²) >= 11 is 0. The highest BCUT2D eigenvalue weighted by Gasteiger charge is 2.34. The molecule has 7 nitrogen and oxygen atoms in total. The van der Waals surface area contributed by atoms with Crippen LogP contribution in [0.25, 0.3) is 0 Å². The Morgan fingerprint density at radius 3 is 2.48 bits per heavy atom. The van der Waals surface area contributed by atoms with Gasteiger partial charge in [-0.1, -0.05) is 0 Å². The van der Waals surface area contributed by atoms with Crippen molar-refractivity contribution in [1.82, 2.24) is 20.5 Å². The van der Waals surface area contributed by atoms with Crippen LogP contribution in [-0.4, -0.2) is 62.3 Å². The van der Waals surface area contributed by atoms with Gasteiger partial charge < -0.3 is 24.7 Å². The maximum Gasteiger partial charge on any atom is 0.214 e. The number of nitrogens with one attached hydrogen (secondary N) is 2. The van der Waals surface area contributed by atoms with E-state index in [1.807, 2.05) is 13.8 Å². The fourth-order valence-corrected chi connectivity index (χ4v) is 2.78. The van der Waals surface area contributed by atoms with Gasteiger partial charge in [-0.3, -0.25) is 4.99 Å². The van der Waals surface area contributed by atoms with E-state index in [2.05, 4.69) is 39.6 Å². The van der Waals surface area contributed by atoms with Crippen LogP contribution in [0, 0.1) is 13.8 Å². The van der Waals surface area contributed by atoms with Crippen molar-refractivity contribution in [3.05, 3.63) is 17.3 Å². The van der Waals surface area contributed by atoms with E-state index in [1.54, 1.807) is 7.05 Å². The van der Waals surface area contributed by atoms with Crippen molar-refractivity contribution in [3.8, 4) is 0 Å². The molecule has 0 radical (unpaired) electrons. The largest absolute Gasteiger partial charge is 0.444 e. The van der Waals surface area contributed by atoms with Crippen LogP contribution < -0.4 is 10.6 Å². The van der Waals surface area contributed by atoms with Gasteiger partial charge in [0.2, 0.25) is 5.89 Å². The van der Waals surface area contributed by atoms with Crippen molar-refractivity contribution in [2.75, 3.05) is 40.9 Å². The maximum absolute atomic E-state index is 5.58. The summed E-state index contributed by atoms with van der Waals surface area (Å²) in [6.07, 6.45) is 2.03. The van der Waals surface area contributed by atoms with E-state index in [9.17, 15) is 0 Å². The molecule has 1 aromatic heterocycles. The lowest BCUT2D eigenvalue weighted by Crippen LogP contribution is -2.57. The molecule has 2 rings (SSSR count). The average Bonchev–Trinajstić information content (AvgIpc) is 2.86. The molecule has 23 heavy (non-hydrogen) atoms. The highest BCUT2D eigenvalue weighted by molar-refractivity contribution is 5.79. The van der Waals surface area contributed by atoms with Crippen LogP contribution >= 0.6 is 0 Å². The number of ether oxygens (including phenoxy) is 1. The van der Waals surface area contributed by atoms with Crippen LogP contribution in [0.2, 0.25) is 0 Å². The van der Waals surface area contributed by atoms with Gasteiger partial charge in [0.05, 0.1) is 12.2 Å². The molecule has 2 N–H and O–H groups in total. The first-order chi connectivity index (χ1) is 11.0. The van der Waals surface area contributed by atoms with E-state index >= 15 is 0 Å². The highest BCUT2D eigenvalue weighted by Crippen LogP contribution is 2.24. The number of aryl methyl sites for hydroxylation is 2. The van der Waals surface area contributed by atoms with E-state index < -0.39 is 0 Å². The molecule has 130 valence electrons. The van der Waals surface area contributed by atoms with Gasteiger partial charge in [0.1, 0.15) is 5.76 Å². The molecular formula is C16H29N5O2. The van der Waals surface area contributed by atoms with Gasteiger partial charge in [-0.15, -0.1) is 0 Å². The third kappa shape index (κ3) is 4.45. The van der Waals surface area contributed by atoms with Crippen LogP contribution in [0.15, 0.2) is 9.41 Å². The summed E-state index contributed by atoms with van der Waals surface area (Å²) < 4.78 is 11.1. The zero-order chi connectivity index (χ0) is 16.9. The molecule has 1 aliphatic rings. The first-order valence-corrected chi connectivity index (χ1v) is 8.09. The summed E-state index contributed by atoms with van der Waals surface area (Å²) in [6.45, 7) is 6.83. The van der Waals surface area contributed by atoms with E-state index in [0.717, 1.165) is 50.0 Å². The molecule has 0 aliphatic carbocycles. The average molecular weight is 323 g/mol. The lowest BCUT2D eigenvalue weighted by atomic mass is 9.88. The van der Waals surface area contributed by atoms with Crippen LogP contribution in [0.3, 0.4) is 0 Å². The van der Waals surface area contributed by atoms with Crippen molar-refractivity contribution in [2.24, 2.45) is 4.99 Å². The van der Waals surface area contributed by atoms with Gasteiger partial charge in [-0.2, -0.15) is 0 Å². The summed E-state index contributed by atoms with van der Waals surface area (Å²) in [4.78, 5) is 10.9. The molecule has 0 amide bonds. The topological polar surface area (TPSA) is 74.9 Å². The zero-order valence-electron chi connectivity index (χ0n) is 14.9. The minimum absolute atomic E-state index is 0.103. The lowest BCUT2D eigenvalue weighted by Gasteiger charge is -2.43. The van der Waals surface area contributed by atoms with Crippen LogP contribution in [0.4, 0.5) is 0 Å². The van der Waals surface area contributed by atoms with E-state index in [-0.39, 0.29) is 5.54 Å². The summed E-state index contributed by atoms with van der Waals surface area (Å²) in [6, 6.07) is 0. The van der Waals surface area contributed by atoms with Crippen LogP contribution in [-0.2, 0) is 11.3 Å². The van der Waals surface area contributed by atoms with E-state index in [0.29, 0.717) is 12.4 Å². The Kier molecular flexibility index (Phi) is 6.01. The minimum Gasteiger partial charge on any atom is -0.444 e. The molecule has 0 saturated carbocycles. The Morgan fingerprint density at radius 2 is 1.96 bits per heavy atom. The quantitative estimate of drug-likeness (QED) is 0.624. The lowest BCUT2D eigenvalue weighted by molar-refractivity contribution is -0.00501. The molecule has 2 heterocycles. The highest BCUT2D eigenvalue weighted by atomic mass is 16.5. The van der Waals surface area contributed by atoms with Crippen LogP contribution in [0.5, 0.6) is 0 Å². The van der Waals surface area contributed by atoms with Gasteiger partial charge in [-0.25, -0.2) is 4.98 Å². The third-order valence-corrected chi connectivity index (χ3v) is 4.66. The van der Waals surface area contributed by atoms with Gasteiger partial charge in [0, 0.05) is 32.3 Å². The Labute approximate surface area is 138 Å². The molecule has 7 heteroatoms. The SMILES string of the molecule is CN=C(NCc1nc(C)c(C)o1)NCC1(N(C)C)CCOCC1. The first-order valence-electron chi connectivity index (χ1n) is 8.09. The molecular weight excluding hydrogens is 294 g/mol. The van der Waals surface area contributed by atoms with E-state index in [1.165, 1.54) is 0 Å². The molecule has 0 bridgehead atoms. The molecule has 0 aromatic carbocycles. The fraction of sp³-hybridized carbons (Fsp3) is 0.750. The molecule has 1 saturated heterocycles. The van der Waals surface area contributed by atoms with Crippen molar-refractivity contribution in [2.45, 2.75) is 38.8 Å². The Balaban J connectivity index is 1.89. The number of nitrogens with zero attached hydrogens (tertiary/aromatic N) is 3. The molecule has 0 atom stereocenters. The van der Waals surface area contributed by atoms with Crippen molar-refractivity contribution < 1.29 is 9.15 Å². The number of likely N-dealkylation sites (N-methyl/N-ethyl adjacent to an activating group) is 1. The Bertz CT molecular complexity index is 513. The van der Waals surface area contributed by atoms with Crippen molar-refractivity contribution in [1.29, 1.82) is 0 Å². The minimum atomic E-state index is 0.103. The molecule has 1 aliphatic heterocycles. The van der Waals surface area contributed by atoms with Gasteiger partial charge >= 0.3 is 0 Å². The second-order valence-corrected chi connectivity index (χ2v) is 6.26. The van der Waals surface area contributed by atoms with Crippen LogP contribution in [0.1, 0.15) is 30.2 Å². The van der Waals surface area contributed by atoms with Crippen molar-refractivity contribution in [3.63, 3.8) is 0 Å². The van der Waals surface area contributed by atoms with Gasteiger partial charge in [0.25, 0.3) is 0 Å². The van der Waals surface area contributed by atoms with Crippen molar-refractivity contribution >= 4 is 5.96 Å². The van der Waals surface area contributed by atoms with Gasteiger partial charge in [0.15, 0.2) is 5.96 Å². The second-order valence-electron chi connectivity index (χ2n) is 6.26. The molecule has 1 aromatic rings. The monoisotopic (exact) mass is 323 g/mol. The third-order valence-electron chi connectivity index (χ3n) is 4.66. The number of oxazole rings is 1. The number of hydrogen-bond acceptors (Lipinski definition) is 5. The maximum atomic E-state index is 5.58. The molecule has 1 fully saturated rings. The second kappa shape index (κ2) is 7.79. The Morgan fingerprint density at radius 1 is 1.26 bits per heavy atom. The number of guanidine groups is 1. The molecule has 0 spiro atoms. The predicted octanol–water partition coefficient (Wildman–Crippen LogP) is 1.07. The Hall–Kier alpha value is -1.60. The standard InChI is InChI=1S/C16H29N5O2/c1-12-13(2)23-14(20-12)10-18-15(17-3)19-11-16(21(4)5)6-8-22-9-7-16/h6-11H2,1-5H3,(H2,17,18,19). The number of hydrogen-bond donors (Lipinski definition) is 2. The normalized spacial score (nSPS) is 18.3. The number of aromatic nitrogens is 1. The first kappa shape index (κ1) is 17.7. The summed E-state index contributed by atoms with van der Waals surface area (Å²) in [5.41, 5.74) is 1.03. The predicted molar refractivity (Wildman–Crippen MR) is 90.6 cm³/mol. The number of rotatable bonds is 5. The smallest absolute Gasteiger partial charge is 0.214 e. The van der Waals surface area contributed by atoms with E-state index in [4.69, 9.17) is 9.15 Å².